The number of aryl methyl sites for hydroxylation is 1. The van der Waals surface area contributed by atoms with Crippen molar-refractivity contribution in [2.45, 2.75) is 33.6 Å². The van der Waals surface area contributed by atoms with Crippen LogP contribution >= 0.6 is 0 Å². The zero-order valence-electron chi connectivity index (χ0n) is 10.0. The van der Waals surface area contributed by atoms with E-state index in [4.69, 9.17) is 4.74 Å². The molecule has 0 N–H and O–H groups in total. The van der Waals surface area contributed by atoms with E-state index in [1.54, 1.807) is 12.1 Å². The molecule has 0 radical (unpaired) electrons. The Morgan fingerprint density at radius 3 is 2.44 bits per heavy atom. The Hall–Kier alpha value is -1.64. The van der Waals surface area contributed by atoms with Crippen LogP contribution in [0.5, 0.6) is 5.75 Å². The fraction of sp³-hybridized carbons (Fsp3) is 0.385. The summed E-state index contributed by atoms with van der Waals surface area (Å²) in [5.41, 5.74) is 2.33. The van der Waals surface area contributed by atoms with Gasteiger partial charge in [-0.2, -0.15) is 0 Å². The first-order chi connectivity index (χ1) is 7.45. The lowest BCUT2D eigenvalue weighted by Crippen LogP contribution is -2.06. The van der Waals surface area contributed by atoms with Gasteiger partial charge < -0.3 is 4.74 Å². The number of carbonyl (C=O) groups excluding carboxylic acids is 2. The number of esters is 1. The van der Waals surface area contributed by atoms with Crippen molar-refractivity contribution in [1.82, 2.24) is 0 Å². The molecule has 1 rings (SSSR count). The van der Waals surface area contributed by atoms with Crippen LogP contribution in [-0.2, 0) is 4.79 Å². The highest BCUT2D eigenvalue weighted by molar-refractivity contribution is 5.79. The van der Waals surface area contributed by atoms with Gasteiger partial charge in [0, 0.05) is 12.5 Å². The van der Waals surface area contributed by atoms with Gasteiger partial charge in [0.1, 0.15) is 12.0 Å². The summed E-state index contributed by atoms with van der Waals surface area (Å²) < 4.78 is 5.13. The van der Waals surface area contributed by atoms with E-state index in [1.807, 2.05) is 20.8 Å². The first-order valence-corrected chi connectivity index (χ1v) is 5.23. The molecule has 3 heteroatoms. The summed E-state index contributed by atoms with van der Waals surface area (Å²) in [5.74, 6) is 0.402. The van der Waals surface area contributed by atoms with Crippen molar-refractivity contribution in [2.75, 3.05) is 0 Å². The smallest absolute Gasteiger partial charge is 0.308 e. The molecule has 0 aliphatic rings. The van der Waals surface area contributed by atoms with Crippen molar-refractivity contribution in [3.8, 4) is 5.75 Å². The van der Waals surface area contributed by atoms with E-state index in [1.165, 1.54) is 6.92 Å². The Kier molecular flexibility index (Phi) is 3.82. The summed E-state index contributed by atoms with van der Waals surface area (Å²) in [4.78, 5) is 21.8. The fourth-order valence-electron chi connectivity index (χ4n) is 1.54. The van der Waals surface area contributed by atoms with Crippen LogP contribution in [0.4, 0.5) is 0 Å². The lowest BCUT2D eigenvalue weighted by molar-refractivity contribution is -0.131. The van der Waals surface area contributed by atoms with Gasteiger partial charge in [-0.3, -0.25) is 9.59 Å². The molecule has 3 nitrogen and oxygen atoms in total. The highest BCUT2D eigenvalue weighted by Crippen LogP contribution is 2.29. The lowest BCUT2D eigenvalue weighted by atomic mass is 9.97. The maximum absolute atomic E-state index is 11.0. The quantitative estimate of drug-likeness (QED) is 0.447. The zero-order chi connectivity index (χ0) is 12.3. The maximum Gasteiger partial charge on any atom is 0.308 e. The molecular formula is C13H16O3. The van der Waals surface area contributed by atoms with Crippen LogP contribution in [0, 0.1) is 6.92 Å². The van der Waals surface area contributed by atoms with E-state index < -0.39 is 0 Å². The molecule has 0 spiro atoms. The molecule has 0 bridgehead atoms. The number of benzene rings is 1. The third-order valence-electron chi connectivity index (χ3n) is 2.40. The van der Waals surface area contributed by atoms with Crippen LogP contribution in [0.3, 0.4) is 0 Å². The molecule has 0 saturated heterocycles. The minimum absolute atomic E-state index is 0.202. The van der Waals surface area contributed by atoms with Gasteiger partial charge in [-0.15, -0.1) is 0 Å². The molecular weight excluding hydrogens is 204 g/mol. The van der Waals surface area contributed by atoms with Crippen molar-refractivity contribution >= 4 is 12.3 Å². The first kappa shape index (κ1) is 12.4. The summed E-state index contributed by atoms with van der Waals surface area (Å²) in [6, 6.07) is 3.52. The second-order valence-corrected chi connectivity index (χ2v) is 4.11. The highest BCUT2D eigenvalue weighted by Gasteiger charge is 2.12. The molecule has 1 aromatic rings. The molecule has 0 unspecified atom stereocenters. The topological polar surface area (TPSA) is 43.4 Å². The van der Waals surface area contributed by atoms with Crippen molar-refractivity contribution in [3.63, 3.8) is 0 Å². The third-order valence-corrected chi connectivity index (χ3v) is 2.40. The van der Waals surface area contributed by atoms with Gasteiger partial charge in [0.05, 0.1) is 0 Å². The van der Waals surface area contributed by atoms with Crippen LogP contribution in [0.2, 0.25) is 0 Å². The standard InChI is InChI=1S/C13H16O3/c1-8(2)12-6-11(7-14)9(3)5-13(12)16-10(4)15/h5-8H,1-4H3. The molecule has 0 atom stereocenters. The summed E-state index contributed by atoms with van der Waals surface area (Å²) in [6.07, 6.45) is 0.818. The van der Waals surface area contributed by atoms with Crippen LogP contribution in [0.1, 0.15) is 48.2 Å². The number of aldehydes is 1. The zero-order valence-corrected chi connectivity index (χ0v) is 10.0. The summed E-state index contributed by atoms with van der Waals surface area (Å²) in [5, 5.41) is 0. The van der Waals surface area contributed by atoms with E-state index in [9.17, 15) is 9.59 Å². The second-order valence-electron chi connectivity index (χ2n) is 4.11. The van der Waals surface area contributed by atoms with Crippen molar-refractivity contribution in [3.05, 3.63) is 28.8 Å². The number of rotatable bonds is 3. The average molecular weight is 220 g/mol. The largest absolute Gasteiger partial charge is 0.426 e. The maximum atomic E-state index is 11.0. The SMILES string of the molecule is CC(=O)Oc1cc(C)c(C=O)cc1C(C)C. The molecule has 0 saturated carbocycles. The Bertz CT molecular complexity index is 419. The Labute approximate surface area is 95.4 Å². The molecule has 0 aromatic heterocycles. The van der Waals surface area contributed by atoms with E-state index >= 15 is 0 Å². The van der Waals surface area contributed by atoms with Crippen molar-refractivity contribution in [1.29, 1.82) is 0 Å². The van der Waals surface area contributed by atoms with Gasteiger partial charge in [0.25, 0.3) is 0 Å². The van der Waals surface area contributed by atoms with Crippen LogP contribution < -0.4 is 4.74 Å². The Morgan fingerprint density at radius 2 is 2.00 bits per heavy atom. The molecule has 0 aliphatic heterocycles. The lowest BCUT2D eigenvalue weighted by Gasteiger charge is -2.14. The fourth-order valence-corrected chi connectivity index (χ4v) is 1.54. The molecule has 16 heavy (non-hydrogen) atoms. The minimum Gasteiger partial charge on any atom is -0.426 e. The van der Waals surface area contributed by atoms with Crippen LogP contribution in [0.15, 0.2) is 12.1 Å². The van der Waals surface area contributed by atoms with E-state index in [0.717, 1.165) is 17.4 Å². The van der Waals surface area contributed by atoms with Gasteiger partial charge in [-0.05, 0) is 36.1 Å². The normalized spacial score (nSPS) is 10.3. The molecule has 0 heterocycles. The highest BCUT2D eigenvalue weighted by atomic mass is 16.5. The Morgan fingerprint density at radius 1 is 1.38 bits per heavy atom. The summed E-state index contributed by atoms with van der Waals surface area (Å²) >= 11 is 0. The predicted octanol–water partition coefficient (Wildman–Crippen LogP) is 2.86. The molecule has 0 fully saturated rings. The van der Waals surface area contributed by atoms with E-state index in [0.29, 0.717) is 11.3 Å². The summed E-state index contributed by atoms with van der Waals surface area (Å²) in [7, 11) is 0. The van der Waals surface area contributed by atoms with Gasteiger partial charge in [0.15, 0.2) is 0 Å². The number of hydrogen-bond acceptors (Lipinski definition) is 3. The molecule has 1 aromatic carbocycles. The predicted molar refractivity (Wildman–Crippen MR) is 62.0 cm³/mol. The summed E-state index contributed by atoms with van der Waals surface area (Å²) in [6.45, 7) is 7.17. The van der Waals surface area contributed by atoms with Gasteiger partial charge >= 0.3 is 5.97 Å². The Balaban J connectivity index is 3.29. The average Bonchev–Trinajstić information content (AvgIpc) is 2.16. The van der Waals surface area contributed by atoms with Crippen LogP contribution in [-0.4, -0.2) is 12.3 Å². The van der Waals surface area contributed by atoms with E-state index in [2.05, 4.69) is 0 Å². The third kappa shape index (κ3) is 2.69. The number of hydrogen-bond donors (Lipinski definition) is 0. The molecule has 0 amide bonds. The second kappa shape index (κ2) is 4.92. The number of carbonyl (C=O) groups is 2. The first-order valence-electron chi connectivity index (χ1n) is 5.23. The number of ether oxygens (including phenoxy) is 1. The molecule has 0 aliphatic carbocycles. The molecule has 86 valence electrons. The monoisotopic (exact) mass is 220 g/mol. The van der Waals surface area contributed by atoms with Gasteiger partial charge in [-0.1, -0.05) is 13.8 Å². The minimum atomic E-state index is -0.347. The van der Waals surface area contributed by atoms with Crippen molar-refractivity contribution in [2.24, 2.45) is 0 Å². The van der Waals surface area contributed by atoms with Gasteiger partial charge in [0.2, 0.25) is 0 Å². The van der Waals surface area contributed by atoms with Crippen LogP contribution in [0.25, 0.3) is 0 Å². The van der Waals surface area contributed by atoms with Gasteiger partial charge in [-0.25, -0.2) is 0 Å². The van der Waals surface area contributed by atoms with E-state index in [-0.39, 0.29) is 11.9 Å². The van der Waals surface area contributed by atoms with Crippen molar-refractivity contribution < 1.29 is 14.3 Å².